The van der Waals surface area contributed by atoms with Gasteiger partial charge in [-0.1, -0.05) is 42.5 Å². The van der Waals surface area contributed by atoms with Crippen LogP contribution in [0.1, 0.15) is 0 Å². The molecular formula is C22H23N3OS. The van der Waals surface area contributed by atoms with E-state index in [1.54, 1.807) is 11.9 Å². The second-order valence-electron chi connectivity index (χ2n) is 5.81. The van der Waals surface area contributed by atoms with E-state index in [2.05, 4.69) is 81.8 Å². The summed E-state index contributed by atoms with van der Waals surface area (Å²) in [5, 5.41) is 11.4. The fourth-order valence-corrected chi connectivity index (χ4v) is 3.50. The van der Waals surface area contributed by atoms with Crippen LogP contribution in [0.15, 0.2) is 83.9 Å². The number of anilines is 2. The van der Waals surface area contributed by atoms with Gasteiger partial charge in [0.05, 0.1) is 5.69 Å². The molecular weight excluding hydrogens is 354 g/mol. The maximum absolute atomic E-state index is 7.00. The van der Waals surface area contributed by atoms with E-state index in [4.69, 9.17) is 5.11 Å². The summed E-state index contributed by atoms with van der Waals surface area (Å²) in [4.78, 5) is 4.47. The van der Waals surface area contributed by atoms with Crippen molar-refractivity contribution in [1.29, 1.82) is 0 Å². The average molecular weight is 378 g/mol. The molecule has 4 rings (SSSR count). The number of rotatable bonds is 5. The van der Waals surface area contributed by atoms with Crippen LogP contribution in [0.3, 0.4) is 0 Å². The largest absolute Gasteiger partial charge is 0.400 e. The third kappa shape index (κ3) is 4.45. The van der Waals surface area contributed by atoms with Crippen LogP contribution in [-0.4, -0.2) is 24.2 Å². The quantitative estimate of drug-likeness (QED) is 0.342. The summed E-state index contributed by atoms with van der Waals surface area (Å²) in [5.41, 5.74) is 5.79. The molecule has 0 fully saturated rings. The van der Waals surface area contributed by atoms with Crippen LogP contribution in [0, 0.1) is 0 Å². The first-order valence-electron chi connectivity index (χ1n) is 8.65. The van der Waals surface area contributed by atoms with Gasteiger partial charge < -0.3 is 20.1 Å². The first kappa shape index (κ1) is 18.9. The van der Waals surface area contributed by atoms with Crippen LogP contribution >= 0.6 is 11.9 Å². The number of hydrogen-bond donors (Lipinski definition) is 4. The average Bonchev–Trinajstić information content (AvgIpc) is 3.17. The standard InChI is InChI=1S/C21H19N3S.CH4O/c1-22-21-14-23-20-13-17(9-12-19(20)21)24-25-18-10-7-16(8-11-18)15-5-3-2-4-6-15;1-2/h2-14,22-24H,1H3;2H,1H3. The van der Waals surface area contributed by atoms with E-state index >= 15 is 0 Å². The third-order valence-corrected chi connectivity index (χ3v) is 5.04. The van der Waals surface area contributed by atoms with E-state index in [0.717, 1.165) is 24.0 Å². The first-order valence-corrected chi connectivity index (χ1v) is 9.47. The zero-order valence-electron chi connectivity index (χ0n) is 15.4. The van der Waals surface area contributed by atoms with Crippen molar-refractivity contribution in [3.63, 3.8) is 0 Å². The van der Waals surface area contributed by atoms with Crippen LogP contribution in [0.2, 0.25) is 0 Å². The van der Waals surface area contributed by atoms with Gasteiger partial charge in [-0.25, -0.2) is 0 Å². The van der Waals surface area contributed by atoms with Gasteiger partial charge >= 0.3 is 0 Å². The summed E-state index contributed by atoms with van der Waals surface area (Å²) in [6.07, 6.45) is 1.99. The number of aliphatic hydroxyl groups is 1. The van der Waals surface area contributed by atoms with Crippen molar-refractivity contribution in [2.24, 2.45) is 0 Å². The van der Waals surface area contributed by atoms with Crippen molar-refractivity contribution in [3.8, 4) is 11.1 Å². The Hall–Kier alpha value is -2.89. The highest BCUT2D eigenvalue weighted by atomic mass is 32.2. The zero-order valence-corrected chi connectivity index (χ0v) is 16.2. The van der Waals surface area contributed by atoms with Crippen molar-refractivity contribution in [2.45, 2.75) is 4.90 Å². The van der Waals surface area contributed by atoms with Crippen LogP contribution in [0.5, 0.6) is 0 Å². The molecule has 0 aliphatic heterocycles. The minimum Gasteiger partial charge on any atom is -0.400 e. The maximum atomic E-state index is 7.00. The Morgan fingerprint density at radius 3 is 2.26 bits per heavy atom. The molecule has 0 saturated heterocycles. The summed E-state index contributed by atoms with van der Waals surface area (Å²) in [6, 6.07) is 25.4. The summed E-state index contributed by atoms with van der Waals surface area (Å²) < 4.78 is 3.42. The number of fused-ring (bicyclic) bond motifs is 1. The Kier molecular flexibility index (Phi) is 6.41. The SMILES string of the molecule is CNc1c[nH]c2cc(NSc3ccc(-c4ccccc4)cc3)ccc12.CO. The lowest BCUT2D eigenvalue weighted by Crippen LogP contribution is -1.88. The minimum atomic E-state index is 1.00. The van der Waals surface area contributed by atoms with Crippen molar-refractivity contribution in [2.75, 3.05) is 24.2 Å². The fourth-order valence-electron chi connectivity index (χ4n) is 2.86. The molecule has 1 aromatic heterocycles. The Bertz CT molecular complexity index is 982. The van der Waals surface area contributed by atoms with E-state index in [9.17, 15) is 0 Å². The second kappa shape index (κ2) is 9.16. The molecule has 0 aliphatic carbocycles. The molecule has 0 radical (unpaired) electrons. The molecule has 1 heterocycles. The van der Waals surface area contributed by atoms with Gasteiger partial charge in [0.1, 0.15) is 0 Å². The molecule has 0 aliphatic rings. The van der Waals surface area contributed by atoms with Gasteiger partial charge in [-0.15, -0.1) is 0 Å². The van der Waals surface area contributed by atoms with Crippen molar-refractivity contribution >= 4 is 34.2 Å². The van der Waals surface area contributed by atoms with Crippen LogP contribution in [0.4, 0.5) is 11.4 Å². The van der Waals surface area contributed by atoms with Gasteiger partial charge in [-0.05, 0) is 53.4 Å². The number of aliphatic hydroxyl groups excluding tert-OH is 1. The molecule has 0 atom stereocenters. The summed E-state index contributed by atoms with van der Waals surface area (Å²) in [7, 11) is 2.93. The van der Waals surface area contributed by atoms with Gasteiger partial charge in [0.15, 0.2) is 0 Å². The smallest absolute Gasteiger partial charge is 0.0595 e. The Morgan fingerprint density at radius 1 is 0.852 bits per heavy atom. The van der Waals surface area contributed by atoms with E-state index in [1.165, 1.54) is 21.4 Å². The van der Waals surface area contributed by atoms with Gasteiger partial charge in [0.2, 0.25) is 0 Å². The number of H-pyrrole nitrogens is 1. The van der Waals surface area contributed by atoms with Crippen molar-refractivity contribution in [1.82, 2.24) is 4.98 Å². The zero-order chi connectivity index (χ0) is 19.1. The first-order chi connectivity index (χ1) is 13.3. The topological polar surface area (TPSA) is 60.1 Å². The minimum absolute atomic E-state index is 1.00. The molecule has 138 valence electrons. The predicted molar refractivity (Wildman–Crippen MR) is 117 cm³/mol. The van der Waals surface area contributed by atoms with Crippen LogP contribution < -0.4 is 10.0 Å². The Balaban J connectivity index is 0.00000102. The molecule has 3 aromatic carbocycles. The lowest BCUT2D eigenvalue weighted by Gasteiger charge is -2.07. The van der Waals surface area contributed by atoms with Gasteiger partial charge in [-0.2, -0.15) is 0 Å². The second-order valence-corrected chi connectivity index (χ2v) is 6.69. The molecule has 0 saturated carbocycles. The normalized spacial score (nSPS) is 10.2. The molecule has 0 amide bonds. The number of aromatic nitrogens is 1. The molecule has 4 N–H and O–H groups in total. The molecule has 0 unspecified atom stereocenters. The van der Waals surface area contributed by atoms with Gasteiger partial charge in [0, 0.05) is 41.8 Å². The molecule has 0 spiro atoms. The number of nitrogens with one attached hydrogen (secondary N) is 3. The van der Waals surface area contributed by atoms with Crippen molar-refractivity contribution in [3.05, 3.63) is 79.0 Å². The predicted octanol–water partition coefficient (Wildman–Crippen LogP) is 5.60. The van der Waals surface area contributed by atoms with E-state index in [1.807, 2.05) is 19.3 Å². The van der Waals surface area contributed by atoms with Gasteiger partial charge in [0.25, 0.3) is 0 Å². The Labute approximate surface area is 163 Å². The van der Waals surface area contributed by atoms with E-state index in [-0.39, 0.29) is 0 Å². The van der Waals surface area contributed by atoms with E-state index < -0.39 is 0 Å². The van der Waals surface area contributed by atoms with Crippen molar-refractivity contribution < 1.29 is 5.11 Å². The highest BCUT2D eigenvalue weighted by Crippen LogP contribution is 2.29. The van der Waals surface area contributed by atoms with Crippen LogP contribution in [-0.2, 0) is 0 Å². The fraction of sp³-hybridized carbons (Fsp3) is 0.0909. The number of aromatic amines is 1. The Morgan fingerprint density at radius 2 is 1.56 bits per heavy atom. The lowest BCUT2D eigenvalue weighted by molar-refractivity contribution is 0.399. The highest BCUT2D eigenvalue weighted by molar-refractivity contribution is 8.00. The van der Waals surface area contributed by atoms with Crippen LogP contribution in [0.25, 0.3) is 22.0 Å². The summed E-state index contributed by atoms with van der Waals surface area (Å²) in [6.45, 7) is 0. The third-order valence-electron chi connectivity index (χ3n) is 4.20. The molecule has 4 aromatic rings. The number of hydrogen-bond acceptors (Lipinski definition) is 4. The molecule has 0 bridgehead atoms. The molecule has 5 heteroatoms. The lowest BCUT2D eigenvalue weighted by atomic mass is 10.1. The number of benzene rings is 3. The monoisotopic (exact) mass is 377 g/mol. The molecule has 27 heavy (non-hydrogen) atoms. The van der Waals surface area contributed by atoms with Gasteiger partial charge in [-0.3, -0.25) is 0 Å². The molecule has 4 nitrogen and oxygen atoms in total. The summed E-state index contributed by atoms with van der Waals surface area (Å²) in [5.74, 6) is 0. The highest BCUT2D eigenvalue weighted by Gasteiger charge is 2.03. The summed E-state index contributed by atoms with van der Waals surface area (Å²) >= 11 is 1.62. The maximum Gasteiger partial charge on any atom is 0.0595 e. The van der Waals surface area contributed by atoms with E-state index in [0.29, 0.717) is 0 Å².